The third kappa shape index (κ3) is 3.44. The summed E-state index contributed by atoms with van der Waals surface area (Å²) in [6, 6.07) is 5.90. The van der Waals surface area contributed by atoms with Gasteiger partial charge in [0.15, 0.2) is 0 Å². The van der Waals surface area contributed by atoms with Gasteiger partial charge in [-0.3, -0.25) is 0 Å². The van der Waals surface area contributed by atoms with Crippen molar-refractivity contribution in [2.75, 3.05) is 6.54 Å². The van der Waals surface area contributed by atoms with Crippen LogP contribution in [0, 0.1) is 5.41 Å². The van der Waals surface area contributed by atoms with Crippen LogP contribution in [0.25, 0.3) is 10.2 Å². The van der Waals surface area contributed by atoms with E-state index in [0.29, 0.717) is 5.41 Å². The summed E-state index contributed by atoms with van der Waals surface area (Å²) in [5.41, 5.74) is 6.94. The van der Waals surface area contributed by atoms with Gasteiger partial charge in [-0.15, -0.1) is 11.3 Å². The number of thiazole rings is 1. The van der Waals surface area contributed by atoms with Gasteiger partial charge in [0, 0.05) is 5.02 Å². The van der Waals surface area contributed by atoms with E-state index in [1.807, 2.05) is 18.2 Å². The molecule has 2 aromatic rings. The van der Waals surface area contributed by atoms with Gasteiger partial charge in [0.2, 0.25) is 0 Å². The maximum absolute atomic E-state index is 5.97. The topological polar surface area (TPSA) is 38.9 Å². The zero-order valence-electron chi connectivity index (χ0n) is 10.9. The molecule has 0 aliphatic rings. The van der Waals surface area contributed by atoms with Gasteiger partial charge in [0.1, 0.15) is 0 Å². The SMILES string of the molecule is CC(C)(CCN)CCc1nc2cc(Cl)ccc2s1. The molecule has 4 heteroatoms. The Labute approximate surface area is 117 Å². The Hall–Kier alpha value is -0.640. The molecule has 0 radical (unpaired) electrons. The van der Waals surface area contributed by atoms with Crippen LogP contribution in [0.4, 0.5) is 0 Å². The van der Waals surface area contributed by atoms with Gasteiger partial charge in [-0.1, -0.05) is 25.4 Å². The summed E-state index contributed by atoms with van der Waals surface area (Å²) in [6.07, 6.45) is 3.20. The Morgan fingerprint density at radius 2 is 2.11 bits per heavy atom. The lowest BCUT2D eigenvalue weighted by Gasteiger charge is -2.22. The molecule has 2 N–H and O–H groups in total. The molecule has 0 bridgehead atoms. The molecule has 1 heterocycles. The monoisotopic (exact) mass is 282 g/mol. The van der Waals surface area contributed by atoms with Gasteiger partial charge >= 0.3 is 0 Å². The Balaban J connectivity index is 2.08. The Morgan fingerprint density at radius 1 is 1.33 bits per heavy atom. The lowest BCUT2D eigenvalue weighted by Crippen LogP contribution is -2.17. The summed E-state index contributed by atoms with van der Waals surface area (Å²) in [5, 5.41) is 1.94. The van der Waals surface area contributed by atoms with E-state index in [0.717, 1.165) is 36.3 Å². The third-order valence-corrected chi connectivity index (χ3v) is 4.56. The molecule has 2 rings (SSSR count). The third-order valence-electron chi connectivity index (χ3n) is 3.23. The number of halogens is 1. The molecule has 0 aliphatic heterocycles. The number of rotatable bonds is 5. The lowest BCUT2D eigenvalue weighted by atomic mass is 9.84. The van der Waals surface area contributed by atoms with Crippen molar-refractivity contribution in [1.82, 2.24) is 4.98 Å². The molecule has 2 nitrogen and oxygen atoms in total. The first-order valence-corrected chi connectivity index (χ1v) is 7.45. The van der Waals surface area contributed by atoms with E-state index in [-0.39, 0.29) is 0 Å². The molecule has 0 unspecified atom stereocenters. The molecule has 0 atom stereocenters. The number of hydrogen-bond donors (Lipinski definition) is 1. The van der Waals surface area contributed by atoms with Crippen LogP contribution in [0.3, 0.4) is 0 Å². The van der Waals surface area contributed by atoms with Crippen LogP contribution in [0.2, 0.25) is 5.02 Å². The van der Waals surface area contributed by atoms with Crippen molar-refractivity contribution in [2.24, 2.45) is 11.1 Å². The highest BCUT2D eigenvalue weighted by Crippen LogP contribution is 2.30. The second kappa shape index (κ2) is 5.55. The number of aromatic nitrogens is 1. The normalized spacial score (nSPS) is 12.2. The van der Waals surface area contributed by atoms with Gasteiger partial charge in [-0.2, -0.15) is 0 Å². The van der Waals surface area contributed by atoms with Crippen molar-refractivity contribution in [3.05, 3.63) is 28.2 Å². The van der Waals surface area contributed by atoms with Crippen molar-refractivity contribution < 1.29 is 0 Å². The smallest absolute Gasteiger partial charge is 0.0938 e. The first kappa shape index (κ1) is 13.8. The average molecular weight is 283 g/mol. The molecule has 0 amide bonds. The highest BCUT2D eigenvalue weighted by atomic mass is 35.5. The summed E-state index contributed by atoms with van der Waals surface area (Å²) >= 11 is 7.73. The quantitative estimate of drug-likeness (QED) is 0.890. The zero-order chi connectivity index (χ0) is 13.2. The predicted molar refractivity (Wildman–Crippen MR) is 80.4 cm³/mol. The maximum Gasteiger partial charge on any atom is 0.0938 e. The van der Waals surface area contributed by atoms with Crippen LogP contribution in [-0.2, 0) is 6.42 Å². The molecule has 0 saturated carbocycles. The second-order valence-electron chi connectivity index (χ2n) is 5.42. The highest BCUT2D eigenvalue weighted by Gasteiger charge is 2.17. The van der Waals surface area contributed by atoms with Crippen molar-refractivity contribution in [1.29, 1.82) is 0 Å². The number of benzene rings is 1. The molecule has 0 aliphatic carbocycles. The van der Waals surface area contributed by atoms with Gasteiger partial charge in [-0.05, 0) is 49.4 Å². The molecule has 18 heavy (non-hydrogen) atoms. The van der Waals surface area contributed by atoms with E-state index in [2.05, 4.69) is 18.8 Å². The number of nitrogens with two attached hydrogens (primary N) is 1. The molecular formula is C14H19ClN2S. The summed E-state index contributed by atoms with van der Waals surface area (Å²) in [5.74, 6) is 0. The van der Waals surface area contributed by atoms with Crippen molar-refractivity contribution in [3.63, 3.8) is 0 Å². The van der Waals surface area contributed by atoms with E-state index in [1.165, 1.54) is 9.71 Å². The average Bonchev–Trinajstić information content (AvgIpc) is 2.68. The summed E-state index contributed by atoms with van der Waals surface area (Å²) in [4.78, 5) is 4.64. The van der Waals surface area contributed by atoms with E-state index in [9.17, 15) is 0 Å². The van der Waals surface area contributed by atoms with Gasteiger partial charge in [0.05, 0.1) is 15.2 Å². The van der Waals surface area contributed by atoms with Gasteiger partial charge < -0.3 is 5.73 Å². The molecule has 1 aromatic heterocycles. The fourth-order valence-electron chi connectivity index (χ4n) is 2.02. The van der Waals surface area contributed by atoms with E-state index in [4.69, 9.17) is 17.3 Å². The molecular weight excluding hydrogens is 264 g/mol. The van der Waals surface area contributed by atoms with Crippen LogP contribution in [-0.4, -0.2) is 11.5 Å². The molecule has 0 spiro atoms. The van der Waals surface area contributed by atoms with Gasteiger partial charge in [0.25, 0.3) is 0 Å². The summed E-state index contributed by atoms with van der Waals surface area (Å²) in [7, 11) is 0. The van der Waals surface area contributed by atoms with Gasteiger partial charge in [-0.25, -0.2) is 4.98 Å². The molecule has 0 fully saturated rings. The highest BCUT2D eigenvalue weighted by molar-refractivity contribution is 7.18. The van der Waals surface area contributed by atoms with E-state index in [1.54, 1.807) is 11.3 Å². The first-order valence-electron chi connectivity index (χ1n) is 6.25. The zero-order valence-corrected chi connectivity index (χ0v) is 12.4. The molecule has 0 saturated heterocycles. The number of hydrogen-bond acceptors (Lipinski definition) is 3. The fraction of sp³-hybridized carbons (Fsp3) is 0.500. The number of fused-ring (bicyclic) bond motifs is 1. The first-order chi connectivity index (χ1) is 8.50. The standard InChI is InChI=1S/C14H19ClN2S/c1-14(2,7-8-16)6-5-13-17-11-9-10(15)3-4-12(11)18-13/h3-4,9H,5-8,16H2,1-2H3. The minimum Gasteiger partial charge on any atom is -0.330 e. The number of nitrogens with zero attached hydrogens (tertiary/aromatic N) is 1. The van der Waals surface area contributed by atoms with E-state index < -0.39 is 0 Å². The summed E-state index contributed by atoms with van der Waals surface area (Å²) < 4.78 is 1.21. The Morgan fingerprint density at radius 3 is 2.83 bits per heavy atom. The van der Waals surface area contributed by atoms with E-state index >= 15 is 0 Å². The van der Waals surface area contributed by atoms with Crippen LogP contribution >= 0.6 is 22.9 Å². The van der Waals surface area contributed by atoms with Crippen LogP contribution in [0.1, 0.15) is 31.7 Å². The predicted octanol–water partition coefficient (Wildman–Crippen LogP) is 4.26. The Kier molecular flexibility index (Phi) is 4.25. The van der Waals surface area contributed by atoms with Crippen LogP contribution in [0.15, 0.2) is 18.2 Å². The number of aryl methyl sites for hydroxylation is 1. The van der Waals surface area contributed by atoms with Crippen LogP contribution in [0.5, 0.6) is 0 Å². The fourth-order valence-corrected chi connectivity index (χ4v) is 3.13. The van der Waals surface area contributed by atoms with Crippen molar-refractivity contribution in [2.45, 2.75) is 33.1 Å². The van der Waals surface area contributed by atoms with Crippen LogP contribution < -0.4 is 5.73 Å². The molecule has 98 valence electrons. The van der Waals surface area contributed by atoms with Crippen molar-refractivity contribution in [3.8, 4) is 0 Å². The minimum absolute atomic E-state index is 0.296. The lowest BCUT2D eigenvalue weighted by molar-refractivity contribution is 0.313. The molecule has 1 aromatic carbocycles. The minimum atomic E-state index is 0.296. The largest absolute Gasteiger partial charge is 0.330 e. The Bertz CT molecular complexity index is 534. The maximum atomic E-state index is 5.97. The van der Waals surface area contributed by atoms with Crippen molar-refractivity contribution >= 4 is 33.2 Å². The summed E-state index contributed by atoms with van der Waals surface area (Å²) in [6.45, 7) is 5.29. The second-order valence-corrected chi connectivity index (χ2v) is 6.97.